The second-order valence-corrected chi connectivity index (χ2v) is 26.5. The lowest BCUT2D eigenvalue weighted by Gasteiger charge is -1.99. The summed E-state index contributed by atoms with van der Waals surface area (Å²) in [5.41, 5.74) is 0. The monoisotopic (exact) mass is 1400 g/mol. The van der Waals surface area contributed by atoms with Crippen LogP contribution in [0.5, 0.6) is 0 Å². The summed E-state index contributed by atoms with van der Waals surface area (Å²) in [5, 5.41) is 42.5. The van der Waals surface area contributed by atoms with Gasteiger partial charge in [0, 0.05) is 32.1 Å². The second kappa shape index (κ2) is 99.9. The molecule has 0 radical (unpaired) electrons. The zero-order valence-corrected chi connectivity index (χ0v) is 65.5. The van der Waals surface area contributed by atoms with Crippen LogP contribution in [0.1, 0.15) is 407 Å². The van der Waals surface area contributed by atoms with Crippen molar-refractivity contribution >= 4 is 29.8 Å². The first-order chi connectivity index (χ1) is 48.9. The van der Waals surface area contributed by atoms with Gasteiger partial charge in [0.1, 0.15) is 0 Å². The summed E-state index contributed by atoms with van der Waals surface area (Å²) >= 11 is 0. The molecule has 0 aliphatic rings. The SMILES string of the molecule is CC/C=C/C/C=C/C/C=C/CCCCCCCC(=O)O.CCCCC/C=C/C/C=C/C/C=C/C/C=C/CCCC(=O)O.CCCCC/C=C/C/C=C/CCCCCCCC(=O)O.CCCCCC/C=C/CCCCCCCC(=O)O.CCCCCCCC/C=C/CCCCCCCC(=O)O. The molecule has 0 heterocycles. The summed E-state index contributed by atoms with van der Waals surface area (Å²) in [5.74, 6) is -3.39. The maximum absolute atomic E-state index is 10.3. The Bertz CT molecular complexity index is 2030. The van der Waals surface area contributed by atoms with Crippen LogP contribution in [-0.2, 0) is 24.0 Å². The van der Waals surface area contributed by atoms with Gasteiger partial charge in [-0.05, 0) is 186 Å². The van der Waals surface area contributed by atoms with E-state index in [4.69, 9.17) is 25.5 Å². The van der Waals surface area contributed by atoms with Crippen LogP contribution >= 0.6 is 0 Å². The molecule has 0 bridgehead atoms. The Labute approximate surface area is 616 Å². The number of carboxylic acids is 5. The van der Waals surface area contributed by atoms with Gasteiger partial charge < -0.3 is 25.5 Å². The number of unbranched alkanes of at least 4 members (excludes halogenated alkanes) is 37. The first-order valence-electron chi connectivity index (χ1n) is 41.1. The van der Waals surface area contributed by atoms with E-state index in [0.29, 0.717) is 25.7 Å². The van der Waals surface area contributed by atoms with Crippen molar-refractivity contribution in [1.29, 1.82) is 0 Å². The van der Waals surface area contributed by atoms with Crippen LogP contribution in [0.3, 0.4) is 0 Å². The van der Waals surface area contributed by atoms with Crippen molar-refractivity contribution in [3.8, 4) is 0 Å². The van der Waals surface area contributed by atoms with E-state index >= 15 is 0 Å². The third-order valence-electron chi connectivity index (χ3n) is 16.4. The highest BCUT2D eigenvalue weighted by atomic mass is 16.4. The molecule has 0 aromatic heterocycles. The molecule has 0 aromatic carbocycles. The van der Waals surface area contributed by atoms with E-state index in [-0.39, 0.29) is 6.42 Å². The highest BCUT2D eigenvalue weighted by Gasteiger charge is 2.00. The molecule has 0 aromatic rings. The van der Waals surface area contributed by atoms with Crippen molar-refractivity contribution in [3.05, 3.63) is 134 Å². The van der Waals surface area contributed by atoms with E-state index in [2.05, 4.69) is 168 Å². The number of carbonyl (C=O) groups is 5. The summed E-state index contributed by atoms with van der Waals surface area (Å²) < 4.78 is 0. The Balaban J connectivity index is -0.000000377. The van der Waals surface area contributed by atoms with E-state index < -0.39 is 29.8 Å². The molecule has 0 aliphatic heterocycles. The van der Waals surface area contributed by atoms with Crippen LogP contribution in [0, 0.1) is 0 Å². The smallest absolute Gasteiger partial charge is 0.303 e. The first kappa shape index (κ1) is 103. The van der Waals surface area contributed by atoms with E-state index in [1.54, 1.807) is 0 Å². The fourth-order valence-corrected chi connectivity index (χ4v) is 10.3. The second-order valence-electron chi connectivity index (χ2n) is 26.5. The van der Waals surface area contributed by atoms with Crippen molar-refractivity contribution in [2.75, 3.05) is 0 Å². The average molecular weight is 1400 g/mol. The summed E-state index contributed by atoms with van der Waals surface area (Å²) in [6.07, 6.45) is 113. The molecule has 0 amide bonds. The molecule has 10 heteroatoms. The molecule has 0 saturated heterocycles. The van der Waals surface area contributed by atoms with E-state index in [0.717, 1.165) is 128 Å². The fraction of sp³-hybridized carbons (Fsp3) is 0.700. The molecule has 0 atom stereocenters. The van der Waals surface area contributed by atoms with Crippen LogP contribution < -0.4 is 0 Å². The van der Waals surface area contributed by atoms with Crippen LogP contribution in [0.15, 0.2) is 134 Å². The number of aliphatic carboxylic acids is 5. The van der Waals surface area contributed by atoms with Gasteiger partial charge in [0.25, 0.3) is 0 Å². The Morgan fingerprint density at radius 3 is 0.530 bits per heavy atom. The van der Waals surface area contributed by atoms with Crippen molar-refractivity contribution < 1.29 is 49.5 Å². The van der Waals surface area contributed by atoms with Crippen LogP contribution in [0.2, 0.25) is 0 Å². The molecular weight excluding hydrogens is 1240 g/mol. The quantitative estimate of drug-likeness (QED) is 0.0290. The Hall–Kier alpha value is -5.51. The molecule has 0 fully saturated rings. The minimum atomic E-state index is -0.712. The van der Waals surface area contributed by atoms with Gasteiger partial charge in [-0.3, -0.25) is 24.0 Å². The van der Waals surface area contributed by atoms with Gasteiger partial charge in [-0.2, -0.15) is 0 Å². The number of hydrogen-bond acceptors (Lipinski definition) is 5. The van der Waals surface area contributed by atoms with Crippen molar-refractivity contribution in [1.82, 2.24) is 0 Å². The molecule has 10 nitrogen and oxygen atoms in total. The topological polar surface area (TPSA) is 186 Å². The summed E-state index contributed by atoms with van der Waals surface area (Å²) in [7, 11) is 0. The lowest BCUT2D eigenvalue weighted by atomic mass is 10.1. The standard InChI is InChI=1S/C20H32O2.C18H34O2.C18H32O2.C18H30O2.C16H30O2/c1-2-3-4-5-6-7-8-9-10-11-12-13-14-15-16-17-18-19-20(21)22;3*1-2-3-4-5-6-7-8-9-10-11-12-13-14-15-16-17-18(19)20;1-2-3-4-5-6-7-8-9-10-11-12-13-14-15-16(17)18/h6-7,9-10,12-13,15-16H,2-5,8,11,14,17-19H2,1H3,(H,21,22);9-10H,2-8,11-17H2,1H3,(H,19,20);6-7,9-10H,2-5,8,11-17H2,1H3,(H,19,20);3-4,6-7,9-10H,2,5,8,11-17H2,1H3,(H,19,20);7-8H,2-6,9-15H2,1H3,(H,17,18)/b7-6+,10-9+,13-12+,16-15+;10-9+;7-6+,10-9+;4-3+,7-6+,10-9+;8-7+. The first-order valence-corrected chi connectivity index (χ1v) is 41.1. The van der Waals surface area contributed by atoms with E-state index in [9.17, 15) is 24.0 Å². The third-order valence-corrected chi connectivity index (χ3v) is 16.4. The lowest BCUT2D eigenvalue weighted by Crippen LogP contribution is -1.93. The Morgan fingerprint density at radius 1 is 0.170 bits per heavy atom. The largest absolute Gasteiger partial charge is 0.481 e. The molecule has 578 valence electrons. The summed E-state index contributed by atoms with van der Waals surface area (Å²) in [4.78, 5) is 51.6. The van der Waals surface area contributed by atoms with E-state index in [1.165, 1.54) is 212 Å². The third kappa shape index (κ3) is 123. The minimum absolute atomic E-state index is 0.262. The van der Waals surface area contributed by atoms with Crippen molar-refractivity contribution in [3.63, 3.8) is 0 Å². The number of hydrogen-bond donors (Lipinski definition) is 5. The highest BCUT2D eigenvalue weighted by molar-refractivity contribution is 5.67. The molecule has 0 spiro atoms. The summed E-state index contributed by atoms with van der Waals surface area (Å²) in [6.45, 7) is 11.1. The highest BCUT2D eigenvalue weighted by Crippen LogP contribution is 2.14. The van der Waals surface area contributed by atoms with Gasteiger partial charge in [0.2, 0.25) is 0 Å². The lowest BCUT2D eigenvalue weighted by molar-refractivity contribution is -0.138. The minimum Gasteiger partial charge on any atom is -0.481 e. The molecule has 0 rings (SSSR count). The zero-order valence-electron chi connectivity index (χ0n) is 65.5. The number of carboxylic acid groups (broad SMARTS) is 5. The van der Waals surface area contributed by atoms with E-state index in [1.807, 2.05) is 0 Å². The predicted molar refractivity (Wildman–Crippen MR) is 435 cm³/mol. The summed E-state index contributed by atoms with van der Waals surface area (Å²) in [6, 6.07) is 0. The molecule has 5 N–H and O–H groups in total. The maximum Gasteiger partial charge on any atom is 0.303 e. The Kier molecular flexibility index (Phi) is 103. The molecule has 100 heavy (non-hydrogen) atoms. The molecule has 0 unspecified atom stereocenters. The Morgan fingerprint density at radius 2 is 0.310 bits per heavy atom. The van der Waals surface area contributed by atoms with Crippen LogP contribution in [-0.4, -0.2) is 55.4 Å². The number of allylic oxidation sites excluding steroid dienone is 22. The van der Waals surface area contributed by atoms with Gasteiger partial charge >= 0.3 is 29.8 Å². The normalized spacial score (nSPS) is 11.7. The van der Waals surface area contributed by atoms with Gasteiger partial charge in [-0.1, -0.05) is 322 Å². The van der Waals surface area contributed by atoms with Crippen molar-refractivity contribution in [2.45, 2.75) is 407 Å². The van der Waals surface area contributed by atoms with Crippen molar-refractivity contribution in [2.24, 2.45) is 0 Å². The fourth-order valence-electron chi connectivity index (χ4n) is 10.3. The van der Waals surface area contributed by atoms with Crippen LogP contribution in [0.4, 0.5) is 0 Å². The van der Waals surface area contributed by atoms with Gasteiger partial charge in [-0.15, -0.1) is 0 Å². The molecular formula is C90H158O10. The van der Waals surface area contributed by atoms with Crippen LogP contribution in [0.25, 0.3) is 0 Å². The van der Waals surface area contributed by atoms with Gasteiger partial charge in [0.05, 0.1) is 0 Å². The predicted octanol–water partition coefficient (Wildman–Crippen LogP) is 29.2. The molecule has 0 saturated carbocycles. The molecule has 0 aliphatic carbocycles. The van der Waals surface area contributed by atoms with Gasteiger partial charge in [0.15, 0.2) is 0 Å². The zero-order chi connectivity index (χ0) is 74.5. The maximum atomic E-state index is 10.3. The number of rotatable bonds is 69. The van der Waals surface area contributed by atoms with Gasteiger partial charge in [-0.25, -0.2) is 0 Å². The average Bonchev–Trinajstić information content (AvgIpc) is 3.69.